The van der Waals surface area contributed by atoms with Crippen LogP contribution in [0.3, 0.4) is 0 Å². The smallest absolute Gasteiger partial charge is 0.296 e. The van der Waals surface area contributed by atoms with Gasteiger partial charge in [0, 0.05) is 10.7 Å². The number of rotatable bonds is 5. The Morgan fingerprint density at radius 3 is 2.78 bits per heavy atom. The van der Waals surface area contributed by atoms with Gasteiger partial charge in [-0.15, -0.1) is 0 Å². The normalized spacial score (nSPS) is 15.1. The molecule has 2 aromatic heterocycles. The van der Waals surface area contributed by atoms with E-state index in [4.69, 9.17) is 9.15 Å². The first kappa shape index (κ1) is 20.2. The van der Waals surface area contributed by atoms with Gasteiger partial charge in [-0.3, -0.25) is 14.5 Å². The summed E-state index contributed by atoms with van der Waals surface area (Å²) in [6.07, 6.45) is 3.26. The Bertz CT molecular complexity index is 1410. The van der Waals surface area contributed by atoms with Crippen molar-refractivity contribution in [3.8, 4) is 5.75 Å². The van der Waals surface area contributed by atoms with E-state index in [2.05, 4.69) is 27.5 Å². The Hall–Kier alpha value is -3.71. The maximum Gasteiger partial charge on any atom is 0.296 e. The third-order valence-corrected chi connectivity index (χ3v) is 5.76. The van der Waals surface area contributed by atoms with E-state index < -0.39 is 11.9 Å². The number of hydrogen-bond donors (Lipinski definition) is 0. The van der Waals surface area contributed by atoms with E-state index in [-0.39, 0.29) is 16.8 Å². The minimum absolute atomic E-state index is 0.0258. The number of carbonyl (C=O) groups excluding carboxylic acids is 1. The fraction of sp³-hybridized carbons (Fsp3) is 0.0800. The van der Waals surface area contributed by atoms with Gasteiger partial charge in [-0.05, 0) is 48.0 Å². The molecule has 0 saturated heterocycles. The lowest BCUT2D eigenvalue weighted by atomic mass is 9.98. The van der Waals surface area contributed by atoms with Crippen molar-refractivity contribution in [2.75, 3.05) is 11.5 Å². The van der Waals surface area contributed by atoms with Gasteiger partial charge in [-0.2, -0.15) is 0 Å². The quantitative estimate of drug-likeness (QED) is 0.358. The SMILES string of the molecule is C=CCOc1cccc(C2c3c(oc4ccc(Br)cc4c3=O)C(=O)N2c2ccccn2)c1. The van der Waals surface area contributed by atoms with Gasteiger partial charge in [0.05, 0.1) is 17.0 Å². The van der Waals surface area contributed by atoms with Gasteiger partial charge in [0.1, 0.15) is 23.8 Å². The molecule has 0 fully saturated rings. The predicted octanol–water partition coefficient (Wildman–Crippen LogP) is 5.27. The van der Waals surface area contributed by atoms with E-state index in [1.807, 2.05) is 24.3 Å². The number of benzene rings is 2. The summed E-state index contributed by atoms with van der Waals surface area (Å²) in [5.74, 6) is 0.647. The predicted molar refractivity (Wildman–Crippen MR) is 125 cm³/mol. The molecule has 2 aromatic carbocycles. The summed E-state index contributed by atoms with van der Waals surface area (Å²) in [6, 6.07) is 17.0. The summed E-state index contributed by atoms with van der Waals surface area (Å²) in [7, 11) is 0. The van der Waals surface area contributed by atoms with E-state index in [0.29, 0.717) is 34.7 Å². The van der Waals surface area contributed by atoms with Crippen LogP contribution in [0.1, 0.15) is 27.7 Å². The Morgan fingerprint density at radius 1 is 1.12 bits per heavy atom. The Balaban J connectivity index is 1.77. The molecule has 0 aliphatic carbocycles. The summed E-state index contributed by atoms with van der Waals surface area (Å²) < 4.78 is 12.4. The molecule has 158 valence electrons. The Morgan fingerprint density at radius 2 is 2.00 bits per heavy atom. The van der Waals surface area contributed by atoms with E-state index in [1.165, 1.54) is 4.90 Å². The van der Waals surface area contributed by atoms with Gasteiger partial charge in [-0.1, -0.05) is 46.8 Å². The topological polar surface area (TPSA) is 72.6 Å². The summed E-state index contributed by atoms with van der Waals surface area (Å²) in [5.41, 5.74) is 1.10. The Labute approximate surface area is 191 Å². The molecule has 1 aliphatic heterocycles. The lowest BCUT2D eigenvalue weighted by Gasteiger charge is -2.24. The molecule has 0 bridgehead atoms. The summed E-state index contributed by atoms with van der Waals surface area (Å²) in [4.78, 5) is 33.0. The number of amides is 1. The number of hydrogen-bond acceptors (Lipinski definition) is 5. The van der Waals surface area contributed by atoms with Crippen molar-refractivity contribution < 1.29 is 13.9 Å². The van der Waals surface area contributed by atoms with Crippen LogP contribution in [-0.4, -0.2) is 17.5 Å². The first-order valence-electron chi connectivity index (χ1n) is 9.93. The molecule has 0 saturated carbocycles. The van der Waals surface area contributed by atoms with Crippen LogP contribution in [0.4, 0.5) is 5.82 Å². The molecule has 0 radical (unpaired) electrons. The van der Waals surface area contributed by atoms with Gasteiger partial charge in [0.15, 0.2) is 5.43 Å². The second kappa shape index (κ2) is 8.09. The lowest BCUT2D eigenvalue weighted by molar-refractivity contribution is 0.0970. The van der Waals surface area contributed by atoms with Gasteiger partial charge >= 0.3 is 0 Å². The van der Waals surface area contributed by atoms with Gasteiger partial charge in [0.2, 0.25) is 5.76 Å². The standard InChI is InChI=1S/C25H17BrN2O4/c1-2-12-31-17-7-5-6-15(13-17)22-21-23(29)18-14-16(26)9-10-19(18)32-24(21)25(30)28(22)20-8-3-4-11-27-20/h2-11,13-14,22H,1,12H2. The number of nitrogens with zero attached hydrogens (tertiary/aromatic N) is 2. The second-order valence-corrected chi connectivity index (χ2v) is 8.17. The zero-order valence-corrected chi connectivity index (χ0v) is 18.4. The molecule has 7 heteroatoms. The fourth-order valence-corrected chi connectivity index (χ4v) is 4.28. The average Bonchev–Trinajstić information content (AvgIpc) is 3.11. The number of anilines is 1. The summed E-state index contributed by atoms with van der Waals surface area (Å²) in [5, 5.41) is 0.401. The number of ether oxygens (including phenoxy) is 1. The van der Waals surface area contributed by atoms with Gasteiger partial charge in [-0.25, -0.2) is 4.98 Å². The first-order valence-corrected chi connectivity index (χ1v) is 10.7. The molecule has 5 rings (SSSR count). The number of fused-ring (bicyclic) bond motifs is 2. The largest absolute Gasteiger partial charge is 0.490 e. The zero-order chi connectivity index (χ0) is 22.2. The van der Waals surface area contributed by atoms with Gasteiger partial charge in [0.25, 0.3) is 5.91 Å². The highest BCUT2D eigenvalue weighted by molar-refractivity contribution is 9.10. The molecule has 1 unspecified atom stereocenters. The summed E-state index contributed by atoms with van der Waals surface area (Å²) >= 11 is 3.41. The molecule has 6 nitrogen and oxygen atoms in total. The second-order valence-electron chi connectivity index (χ2n) is 7.25. The first-order chi connectivity index (χ1) is 15.6. The number of halogens is 1. The monoisotopic (exact) mass is 488 g/mol. The van der Waals surface area contributed by atoms with E-state index in [1.54, 1.807) is 48.7 Å². The average molecular weight is 489 g/mol. The van der Waals surface area contributed by atoms with E-state index in [9.17, 15) is 9.59 Å². The molecule has 3 heterocycles. The van der Waals surface area contributed by atoms with Crippen molar-refractivity contribution in [2.24, 2.45) is 0 Å². The molecule has 32 heavy (non-hydrogen) atoms. The van der Waals surface area contributed by atoms with Crippen LogP contribution in [-0.2, 0) is 0 Å². The highest BCUT2D eigenvalue weighted by Gasteiger charge is 2.44. The van der Waals surface area contributed by atoms with Gasteiger partial charge < -0.3 is 9.15 Å². The molecule has 0 spiro atoms. The van der Waals surface area contributed by atoms with Crippen molar-refractivity contribution in [2.45, 2.75) is 6.04 Å². The van der Waals surface area contributed by atoms with Crippen LogP contribution in [0, 0.1) is 0 Å². The summed E-state index contributed by atoms with van der Waals surface area (Å²) in [6.45, 7) is 4.01. The molecule has 0 N–H and O–H groups in total. The third kappa shape index (κ3) is 3.31. The lowest BCUT2D eigenvalue weighted by Crippen LogP contribution is -2.30. The maximum atomic E-state index is 13.6. The van der Waals surface area contributed by atoms with E-state index in [0.717, 1.165) is 4.47 Å². The minimum Gasteiger partial charge on any atom is -0.490 e. The van der Waals surface area contributed by atoms with Crippen molar-refractivity contribution in [1.29, 1.82) is 0 Å². The zero-order valence-electron chi connectivity index (χ0n) is 16.8. The van der Waals surface area contributed by atoms with Crippen LogP contribution in [0.5, 0.6) is 5.75 Å². The maximum absolute atomic E-state index is 13.6. The van der Waals surface area contributed by atoms with Crippen molar-refractivity contribution in [3.05, 3.63) is 111 Å². The minimum atomic E-state index is -0.709. The van der Waals surface area contributed by atoms with Crippen LogP contribution >= 0.6 is 15.9 Å². The molecular formula is C25H17BrN2O4. The molecule has 1 aliphatic rings. The van der Waals surface area contributed by atoms with Crippen LogP contribution in [0.2, 0.25) is 0 Å². The molecular weight excluding hydrogens is 472 g/mol. The number of pyridine rings is 1. The highest BCUT2D eigenvalue weighted by atomic mass is 79.9. The Kier molecular flexibility index (Phi) is 5.11. The molecule has 1 amide bonds. The number of carbonyl (C=O) groups is 1. The highest BCUT2D eigenvalue weighted by Crippen LogP contribution is 2.41. The molecule has 1 atom stereocenters. The van der Waals surface area contributed by atoms with E-state index >= 15 is 0 Å². The van der Waals surface area contributed by atoms with Crippen LogP contribution in [0.25, 0.3) is 11.0 Å². The number of aromatic nitrogens is 1. The van der Waals surface area contributed by atoms with Crippen LogP contribution < -0.4 is 15.1 Å². The van der Waals surface area contributed by atoms with Crippen molar-refractivity contribution in [3.63, 3.8) is 0 Å². The van der Waals surface area contributed by atoms with Crippen LogP contribution in [0.15, 0.2) is 93.2 Å². The molecule has 4 aromatic rings. The van der Waals surface area contributed by atoms with Crippen molar-refractivity contribution in [1.82, 2.24) is 4.98 Å². The fourth-order valence-electron chi connectivity index (χ4n) is 3.92. The van der Waals surface area contributed by atoms with Crippen molar-refractivity contribution >= 4 is 38.6 Å². The third-order valence-electron chi connectivity index (χ3n) is 5.27.